The van der Waals surface area contributed by atoms with Gasteiger partial charge in [-0.05, 0) is 44.7 Å². The summed E-state index contributed by atoms with van der Waals surface area (Å²) in [6, 6.07) is 5.17. The minimum atomic E-state index is -4.62. The minimum absolute atomic E-state index is 0.0372. The molecule has 1 saturated carbocycles. The Morgan fingerprint density at radius 3 is 2.74 bits per heavy atom. The quantitative estimate of drug-likeness (QED) is 0.499. The molecule has 1 aliphatic carbocycles. The van der Waals surface area contributed by atoms with E-state index < -0.39 is 18.9 Å². The predicted octanol–water partition coefficient (Wildman–Crippen LogP) is 4.43. The van der Waals surface area contributed by atoms with Crippen molar-refractivity contribution in [2.75, 3.05) is 25.2 Å². The highest BCUT2D eigenvalue weighted by atomic mass is 31.2. The second-order valence-corrected chi connectivity index (χ2v) is 11.6. The number of aromatic nitrogens is 3. The number of H-pyrrole nitrogens is 1. The summed E-state index contributed by atoms with van der Waals surface area (Å²) in [5.41, 5.74) is 5.55. The van der Waals surface area contributed by atoms with Gasteiger partial charge in [0.15, 0.2) is 0 Å². The van der Waals surface area contributed by atoms with Crippen molar-refractivity contribution in [2.24, 2.45) is 11.7 Å². The first-order valence-electron chi connectivity index (χ1n) is 10.2. The summed E-state index contributed by atoms with van der Waals surface area (Å²) in [4.78, 5) is 11.2. The molecule has 1 fully saturated rings. The molecule has 0 spiro atoms. The number of hydrogen-bond acceptors (Lipinski definition) is 5. The van der Waals surface area contributed by atoms with Crippen LogP contribution in [0.15, 0.2) is 30.6 Å². The van der Waals surface area contributed by atoms with E-state index in [1.807, 2.05) is 0 Å². The maximum atomic E-state index is 13.8. The Balaban J connectivity index is 1.84. The van der Waals surface area contributed by atoms with Crippen LogP contribution in [0.25, 0.3) is 22.2 Å². The molecule has 1 aliphatic rings. The van der Waals surface area contributed by atoms with Crippen LogP contribution >= 0.6 is 7.14 Å². The van der Waals surface area contributed by atoms with Crippen molar-refractivity contribution in [1.82, 2.24) is 15.0 Å². The molecule has 4 rings (SSSR count). The van der Waals surface area contributed by atoms with E-state index in [-0.39, 0.29) is 23.6 Å². The first kappa shape index (κ1) is 21.8. The van der Waals surface area contributed by atoms with Crippen LogP contribution < -0.4 is 16.4 Å². The number of nitrogens with two attached hydrogens (primary N) is 1. The molecule has 0 saturated heterocycles. The summed E-state index contributed by atoms with van der Waals surface area (Å²) >= 11 is 0. The highest BCUT2D eigenvalue weighted by Crippen LogP contribution is 2.42. The molecule has 2 atom stereocenters. The number of rotatable bonds is 5. The van der Waals surface area contributed by atoms with Crippen molar-refractivity contribution in [3.8, 4) is 11.3 Å². The topological polar surface area (TPSA) is 96.7 Å². The van der Waals surface area contributed by atoms with Gasteiger partial charge in [-0.2, -0.15) is 13.2 Å². The van der Waals surface area contributed by atoms with Gasteiger partial charge in [0, 0.05) is 34.7 Å². The zero-order valence-corrected chi connectivity index (χ0v) is 18.2. The fourth-order valence-electron chi connectivity index (χ4n) is 4.32. The van der Waals surface area contributed by atoms with Gasteiger partial charge in [0.1, 0.15) is 12.7 Å². The smallest absolute Gasteiger partial charge is 0.360 e. The third-order valence-corrected chi connectivity index (χ3v) is 7.43. The lowest BCUT2D eigenvalue weighted by Gasteiger charge is -2.20. The van der Waals surface area contributed by atoms with Crippen LogP contribution in [0.5, 0.6) is 0 Å². The second-order valence-electron chi connectivity index (χ2n) is 8.38. The Morgan fingerprint density at radius 1 is 1.29 bits per heavy atom. The Labute approximate surface area is 178 Å². The van der Waals surface area contributed by atoms with Gasteiger partial charge >= 0.3 is 6.18 Å². The lowest BCUT2D eigenvalue weighted by Crippen LogP contribution is -2.30. The number of nitrogens with one attached hydrogen (secondary N) is 2. The Morgan fingerprint density at radius 2 is 2.06 bits per heavy atom. The van der Waals surface area contributed by atoms with E-state index in [1.54, 1.807) is 31.5 Å². The summed E-state index contributed by atoms with van der Waals surface area (Å²) in [6.07, 6.45) is 0.550. The Kier molecular flexibility index (Phi) is 5.60. The number of para-hydroxylation sites is 1. The van der Waals surface area contributed by atoms with Gasteiger partial charge in [0.2, 0.25) is 5.95 Å². The summed E-state index contributed by atoms with van der Waals surface area (Å²) in [5, 5.41) is 4.31. The number of benzene rings is 1. The molecule has 0 bridgehead atoms. The molecule has 10 heteroatoms. The molecule has 3 aromatic rings. The molecule has 1 aromatic carbocycles. The lowest BCUT2D eigenvalue weighted by molar-refractivity contribution is -0.137. The summed E-state index contributed by atoms with van der Waals surface area (Å²) in [6.45, 7) is 3.77. The van der Waals surface area contributed by atoms with Crippen LogP contribution in [0.4, 0.5) is 19.1 Å². The van der Waals surface area contributed by atoms with Crippen LogP contribution in [0.3, 0.4) is 0 Å². The second kappa shape index (κ2) is 7.95. The molecule has 0 aliphatic heterocycles. The van der Waals surface area contributed by atoms with Crippen LogP contribution in [-0.2, 0) is 10.7 Å². The van der Waals surface area contributed by atoms with E-state index in [9.17, 15) is 17.7 Å². The highest BCUT2D eigenvalue weighted by Gasteiger charge is 2.36. The van der Waals surface area contributed by atoms with Gasteiger partial charge in [-0.1, -0.05) is 18.6 Å². The van der Waals surface area contributed by atoms with Crippen molar-refractivity contribution in [3.63, 3.8) is 0 Å². The van der Waals surface area contributed by atoms with E-state index in [0.29, 0.717) is 28.3 Å². The number of halogens is 3. The molecule has 0 amide bonds. The van der Waals surface area contributed by atoms with Crippen LogP contribution in [-0.4, -0.2) is 40.9 Å². The van der Waals surface area contributed by atoms with Gasteiger partial charge in [0.25, 0.3) is 0 Å². The monoisotopic (exact) mass is 451 g/mol. The number of alkyl halides is 3. The number of nitrogens with zero attached hydrogens (tertiary/aromatic N) is 2. The van der Waals surface area contributed by atoms with Gasteiger partial charge in [0.05, 0.1) is 11.2 Å². The first-order valence-corrected chi connectivity index (χ1v) is 12.8. The van der Waals surface area contributed by atoms with Gasteiger partial charge < -0.3 is 20.6 Å². The average molecular weight is 451 g/mol. The van der Waals surface area contributed by atoms with E-state index in [0.717, 1.165) is 25.5 Å². The van der Waals surface area contributed by atoms with Crippen molar-refractivity contribution in [3.05, 3.63) is 36.2 Å². The summed E-state index contributed by atoms with van der Waals surface area (Å²) < 4.78 is 54.0. The third-order valence-electron chi connectivity index (χ3n) is 5.90. The molecular formula is C21H25F3N5OP. The standard InChI is InChI=1S/C21H25F3N5OP/c1-31(2,30)17-8-4-6-13-14(10-26-19(13)17)18-15(21(22,23)24)11-27-20(29-18)28-16-7-3-5-12(16)9-25/h4,6,8,10-12,16,26H,3,5,7,9,25H2,1-2H3,(H,27,28,29). The Bertz CT molecular complexity index is 1150. The fraction of sp³-hybridized carbons (Fsp3) is 0.429. The summed E-state index contributed by atoms with van der Waals surface area (Å²) in [7, 11) is -2.64. The third kappa shape index (κ3) is 4.21. The molecule has 6 nitrogen and oxygen atoms in total. The zero-order chi connectivity index (χ0) is 22.4. The minimum Gasteiger partial charge on any atom is -0.360 e. The van der Waals surface area contributed by atoms with Gasteiger partial charge in [-0.25, -0.2) is 9.97 Å². The molecular weight excluding hydrogens is 426 g/mol. The molecule has 4 N–H and O–H groups in total. The average Bonchev–Trinajstić information content (AvgIpc) is 3.32. The molecule has 2 heterocycles. The predicted molar refractivity (Wildman–Crippen MR) is 117 cm³/mol. The van der Waals surface area contributed by atoms with E-state index in [2.05, 4.69) is 20.3 Å². The first-order chi connectivity index (χ1) is 14.6. The Hall–Kier alpha value is -2.38. The largest absolute Gasteiger partial charge is 0.419 e. The van der Waals surface area contributed by atoms with Gasteiger partial charge in [-0.15, -0.1) is 0 Å². The van der Waals surface area contributed by atoms with Crippen LogP contribution in [0.1, 0.15) is 24.8 Å². The highest BCUT2D eigenvalue weighted by molar-refractivity contribution is 7.70. The number of anilines is 1. The molecule has 2 unspecified atom stereocenters. The zero-order valence-electron chi connectivity index (χ0n) is 17.3. The van der Waals surface area contributed by atoms with E-state index in [4.69, 9.17) is 5.73 Å². The van der Waals surface area contributed by atoms with Gasteiger partial charge in [-0.3, -0.25) is 0 Å². The molecule has 166 valence electrons. The van der Waals surface area contributed by atoms with E-state index in [1.165, 1.54) is 6.20 Å². The number of hydrogen-bond donors (Lipinski definition) is 3. The van der Waals surface area contributed by atoms with E-state index >= 15 is 0 Å². The van der Waals surface area contributed by atoms with Crippen LogP contribution in [0, 0.1) is 5.92 Å². The fourth-order valence-corrected chi connectivity index (χ4v) is 5.49. The molecule has 2 aromatic heterocycles. The molecule has 0 radical (unpaired) electrons. The van der Waals surface area contributed by atoms with Crippen molar-refractivity contribution >= 4 is 29.3 Å². The number of aromatic amines is 1. The summed E-state index contributed by atoms with van der Waals surface area (Å²) in [5.74, 6) is 0.392. The van der Waals surface area contributed by atoms with Crippen molar-refractivity contribution in [1.29, 1.82) is 0 Å². The van der Waals surface area contributed by atoms with Crippen molar-refractivity contribution < 1.29 is 17.7 Å². The lowest BCUT2D eigenvalue weighted by atomic mass is 10.0. The maximum Gasteiger partial charge on any atom is 0.419 e. The SMILES string of the molecule is CP(C)(=O)c1cccc2c(-c3nc(NC4CCCC4CN)ncc3C(F)(F)F)c[nH]c12. The van der Waals surface area contributed by atoms with Crippen LogP contribution in [0.2, 0.25) is 0 Å². The van der Waals surface area contributed by atoms with Crippen molar-refractivity contribution in [2.45, 2.75) is 31.5 Å². The maximum absolute atomic E-state index is 13.8. The molecule has 31 heavy (non-hydrogen) atoms. The normalized spacial score (nSPS) is 19.8. The number of fused-ring (bicyclic) bond motifs is 1.